The summed E-state index contributed by atoms with van der Waals surface area (Å²) in [6, 6.07) is 14.4. The summed E-state index contributed by atoms with van der Waals surface area (Å²) in [5, 5.41) is 15.4. The first-order valence-corrected chi connectivity index (χ1v) is 9.62. The summed E-state index contributed by atoms with van der Waals surface area (Å²) >= 11 is 0. The van der Waals surface area contributed by atoms with Crippen molar-refractivity contribution in [2.45, 2.75) is 39.7 Å². The molecule has 0 radical (unpaired) electrons. The number of aryl methyl sites for hydroxylation is 1. The normalized spacial score (nSPS) is 19.8. The predicted molar refractivity (Wildman–Crippen MR) is 110 cm³/mol. The lowest BCUT2D eigenvalue weighted by Crippen LogP contribution is -2.27. The summed E-state index contributed by atoms with van der Waals surface area (Å²) in [4.78, 5) is 0. The average Bonchev–Trinajstić information content (AvgIpc) is 3.05. The summed E-state index contributed by atoms with van der Waals surface area (Å²) in [5.41, 5.74) is 6.21. The Morgan fingerprint density at radius 2 is 1.93 bits per heavy atom. The fourth-order valence-electron chi connectivity index (χ4n) is 4.06. The number of aliphatic hydroxyl groups is 1. The van der Waals surface area contributed by atoms with Gasteiger partial charge in [-0.1, -0.05) is 42.3 Å². The van der Waals surface area contributed by atoms with Crippen molar-refractivity contribution in [3.63, 3.8) is 0 Å². The van der Waals surface area contributed by atoms with E-state index in [2.05, 4.69) is 25.0 Å². The molecule has 0 bridgehead atoms. The molecule has 0 amide bonds. The molecule has 1 N–H and O–H groups in total. The van der Waals surface area contributed by atoms with E-state index < -0.39 is 6.10 Å². The van der Waals surface area contributed by atoms with Crippen molar-refractivity contribution in [3.05, 3.63) is 88.5 Å². The van der Waals surface area contributed by atoms with Gasteiger partial charge in [0.2, 0.25) is 0 Å². The molecule has 3 aromatic rings. The van der Waals surface area contributed by atoms with E-state index in [1.54, 1.807) is 12.1 Å². The SMILES string of the molecule is CC1=Cc2c(cnn2-c2ccc(F)cc2)C[C@]1(C)CC(O)c1cccc(C)c1. The molecule has 1 heterocycles. The molecule has 1 aliphatic rings. The fourth-order valence-corrected chi connectivity index (χ4v) is 4.06. The van der Waals surface area contributed by atoms with Crippen LogP contribution in [0.1, 0.15) is 48.8 Å². The minimum absolute atomic E-state index is 0.146. The third-order valence-electron chi connectivity index (χ3n) is 5.91. The number of nitrogens with zero attached hydrogens (tertiary/aromatic N) is 2. The highest BCUT2D eigenvalue weighted by molar-refractivity contribution is 5.60. The van der Waals surface area contributed by atoms with Crippen LogP contribution in [0.2, 0.25) is 0 Å². The van der Waals surface area contributed by atoms with Gasteiger partial charge in [-0.25, -0.2) is 9.07 Å². The van der Waals surface area contributed by atoms with Crippen molar-refractivity contribution in [2.24, 2.45) is 5.41 Å². The number of hydrogen-bond acceptors (Lipinski definition) is 2. The van der Waals surface area contributed by atoms with E-state index in [-0.39, 0.29) is 11.2 Å². The van der Waals surface area contributed by atoms with Crippen molar-refractivity contribution in [1.82, 2.24) is 9.78 Å². The standard InChI is InChI=1S/C24H25FN2O/c1-16-5-4-6-18(11-16)23(28)14-24(3)13-19-15-26-27(22(19)12-17(24)2)21-9-7-20(25)8-10-21/h4-12,15,23,28H,13-14H2,1-3H3/t23?,24-/m1/s1. The van der Waals surface area contributed by atoms with Gasteiger partial charge in [-0.15, -0.1) is 0 Å². The van der Waals surface area contributed by atoms with E-state index >= 15 is 0 Å². The van der Waals surface area contributed by atoms with E-state index in [1.807, 2.05) is 42.1 Å². The van der Waals surface area contributed by atoms with Crippen LogP contribution in [0.5, 0.6) is 0 Å². The molecule has 1 aliphatic carbocycles. The third kappa shape index (κ3) is 3.40. The van der Waals surface area contributed by atoms with Crippen LogP contribution in [0.25, 0.3) is 11.8 Å². The van der Waals surface area contributed by atoms with Gasteiger partial charge in [-0.3, -0.25) is 0 Å². The first-order chi connectivity index (χ1) is 13.4. The molecule has 0 spiro atoms. The van der Waals surface area contributed by atoms with Gasteiger partial charge in [0.15, 0.2) is 0 Å². The second-order valence-electron chi connectivity index (χ2n) is 8.14. The van der Waals surface area contributed by atoms with Gasteiger partial charge in [0.1, 0.15) is 5.82 Å². The number of halogens is 1. The van der Waals surface area contributed by atoms with E-state index in [0.717, 1.165) is 34.5 Å². The van der Waals surface area contributed by atoms with Crippen molar-refractivity contribution in [3.8, 4) is 5.69 Å². The second kappa shape index (κ2) is 7.02. The highest BCUT2D eigenvalue weighted by Crippen LogP contribution is 2.44. The van der Waals surface area contributed by atoms with E-state index in [1.165, 1.54) is 17.7 Å². The number of hydrogen-bond donors (Lipinski definition) is 1. The molecule has 144 valence electrons. The number of fused-ring (bicyclic) bond motifs is 1. The summed E-state index contributed by atoms with van der Waals surface area (Å²) in [7, 11) is 0. The Morgan fingerprint density at radius 3 is 2.64 bits per heavy atom. The molecule has 1 aromatic heterocycles. The first kappa shape index (κ1) is 18.6. The van der Waals surface area contributed by atoms with Crippen molar-refractivity contribution in [2.75, 3.05) is 0 Å². The van der Waals surface area contributed by atoms with Gasteiger partial charge in [-0.05, 0) is 73.6 Å². The second-order valence-corrected chi connectivity index (χ2v) is 8.14. The Kier molecular flexibility index (Phi) is 4.68. The smallest absolute Gasteiger partial charge is 0.123 e. The lowest BCUT2D eigenvalue weighted by molar-refractivity contribution is 0.121. The molecule has 2 atom stereocenters. The van der Waals surface area contributed by atoms with Crippen molar-refractivity contribution < 1.29 is 9.50 Å². The molecule has 0 saturated heterocycles. The molecule has 4 rings (SSSR count). The molecule has 1 unspecified atom stereocenters. The summed E-state index contributed by atoms with van der Waals surface area (Å²) < 4.78 is 15.1. The van der Waals surface area contributed by atoms with Crippen molar-refractivity contribution in [1.29, 1.82) is 0 Å². The van der Waals surface area contributed by atoms with Crippen LogP contribution >= 0.6 is 0 Å². The highest BCUT2D eigenvalue weighted by Gasteiger charge is 2.35. The van der Waals surface area contributed by atoms with Crippen LogP contribution in [0.4, 0.5) is 4.39 Å². The number of benzene rings is 2. The maximum absolute atomic E-state index is 13.3. The number of aliphatic hydroxyl groups excluding tert-OH is 1. The molecule has 0 saturated carbocycles. The van der Waals surface area contributed by atoms with E-state index in [9.17, 15) is 9.50 Å². The third-order valence-corrected chi connectivity index (χ3v) is 5.91. The monoisotopic (exact) mass is 376 g/mol. The van der Waals surface area contributed by atoms with Crippen LogP contribution in [-0.2, 0) is 6.42 Å². The van der Waals surface area contributed by atoms with Crippen LogP contribution in [0.15, 0.2) is 60.3 Å². The van der Waals surface area contributed by atoms with Gasteiger partial charge in [-0.2, -0.15) is 5.10 Å². The Morgan fingerprint density at radius 1 is 1.18 bits per heavy atom. The maximum atomic E-state index is 13.3. The fraction of sp³-hybridized carbons (Fsp3) is 0.292. The molecule has 2 aromatic carbocycles. The minimum Gasteiger partial charge on any atom is -0.388 e. The zero-order valence-corrected chi connectivity index (χ0v) is 16.5. The van der Waals surface area contributed by atoms with Crippen LogP contribution in [-0.4, -0.2) is 14.9 Å². The lowest BCUT2D eigenvalue weighted by atomic mass is 9.70. The molecule has 3 nitrogen and oxygen atoms in total. The van der Waals surface area contributed by atoms with Gasteiger partial charge < -0.3 is 5.11 Å². The molecule has 4 heteroatoms. The van der Waals surface area contributed by atoms with Crippen LogP contribution in [0, 0.1) is 18.2 Å². The Bertz CT molecular complexity index is 1040. The zero-order chi connectivity index (χ0) is 19.9. The zero-order valence-electron chi connectivity index (χ0n) is 16.5. The van der Waals surface area contributed by atoms with E-state index in [4.69, 9.17) is 0 Å². The van der Waals surface area contributed by atoms with E-state index in [0.29, 0.717) is 6.42 Å². The number of allylic oxidation sites excluding steroid dienone is 1. The molecule has 0 fully saturated rings. The summed E-state index contributed by atoms with van der Waals surface area (Å²) in [6.45, 7) is 6.36. The van der Waals surface area contributed by atoms with Gasteiger partial charge in [0.25, 0.3) is 0 Å². The highest BCUT2D eigenvalue weighted by atomic mass is 19.1. The largest absolute Gasteiger partial charge is 0.388 e. The van der Waals surface area contributed by atoms with Gasteiger partial charge in [0, 0.05) is 0 Å². The average molecular weight is 376 g/mol. The van der Waals surface area contributed by atoms with Crippen molar-refractivity contribution >= 4 is 6.08 Å². The number of aromatic nitrogens is 2. The molecular weight excluding hydrogens is 351 g/mol. The summed E-state index contributed by atoms with van der Waals surface area (Å²) in [6.07, 6.45) is 4.99. The minimum atomic E-state index is -0.512. The number of rotatable bonds is 4. The molecule has 28 heavy (non-hydrogen) atoms. The Balaban J connectivity index is 1.62. The predicted octanol–water partition coefficient (Wildman–Crippen LogP) is 5.41. The first-order valence-electron chi connectivity index (χ1n) is 9.62. The van der Waals surface area contributed by atoms with Crippen LogP contribution < -0.4 is 0 Å². The summed E-state index contributed by atoms with van der Waals surface area (Å²) in [5.74, 6) is -0.255. The maximum Gasteiger partial charge on any atom is 0.123 e. The topological polar surface area (TPSA) is 38.0 Å². The van der Waals surface area contributed by atoms with Gasteiger partial charge in [0.05, 0.1) is 23.7 Å². The van der Waals surface area contributed by atoms with Crippen LogP contribution in [0.3, 0.4) is 0 Å². The Labute approximate surface area is 165 Å². The molecular formula is C24H25FN2O. The lowest BCUT2D eigenvalue weighted by Gasteiger charge is -2.36. The van der Waals surface area contributed by atoms with Gasteiger partial charge >= 0.3 is 0 Å². The Hall–Kier alpha value is -2.72. The molecule has 0 aliphatic heterocycles. The quantitative estimate of drug-likeness (QED) is 0.661.